The van der Waals surface area contributed by atoms with Crippen molar-refractivity contribution in [3.05, 3.63) is 120 Å². The number of amides is 2. The molecule has 0 fully saturated rings. The zero-order valence-corrected chi connectivity index (χ0v) is 21.3. The largest absolute Gasteiger partial charge is 0.350 e. The topological polar surface area (TPSA) is 110 Å². The first-order valence-electron chi connectivity index (χ1n) is 12.4. The molecule has 0 bridgehead atoms. The van der Waals surface area contributed by atoms with Crippen molar-refractivity contribution in [3.8, 4) is 0 Å². The third-order valence-corrected chi connectivity index (χ3v) is 6.31. The van der Waals surface area contributed by atoms with Crippen LogP contribution in [0.2, 0.25) is 0 Å². The van der Waals surface area contributed by atoms with Crippen LogP contribution >= 0.6 is 0 Å². The Morgan fingerprint density at radius 2 is 1.59 bits per heavy atom. The molecule has 0 unspecified atom stereocenters. The van der Waals surface area contributed by atoms with E-state index in [-0.39, 0.29) is 18.9 Å². The highest BCUT2D eigenvalue weighted by atomic mass is 16.2. The summed E-state index contributed by atoms with van der Waals surface area (Å²) in [6.07, 6.45) is 1.58. The third kappa shape index (κ3) is 5.72. The Labute approximate surface area is 225 Å². The lowest BCUT2D eigenvalue weighted by molar-refractivity contribution is -0.127. The number of para-hydroxylation sites is 1. The Morgan fingerprint density at radius 1 is 0.872 bits per heavy atom. The fourth-order valence-corrected chi connectivity index (χ4v) is 4.34. The van der Waals surface area contributed by atoms with Crippen molar-refractivity contribution in [2.75, 3.05) is 4.90 Å². The summed E-state index contributed by atoms with van der Waals surface area (Å²) in [6, 6.07) is 27.6. The molecule has 0 saturated carbocycles. The van der Waals surface area contributed by atoms with E-state index in [4.69, 9.17) is 0 Å². The van der Waals surface area contributed by atoms with E-state index in [0.29, 0.717) is 28.0 Å². The Balaban J connectivity index is 1.55. The second kappa shape index (κ2) is 11.5. The highest BCUT2D eigenvalue weighted by molar-refractivity contribution is 6.02. The molecule has 3 aromatic carbocycles. The SMILES string of the molecule is CC(=O)c1ccc(N(C(=O)Cn2nnc3ccccc32)[C@H](C(=O)NCc2ccccc2)c2ccccn2)cc1. The Bertz CT molecular complexity index is 1600. The van der Waals surface area contributed by atoms with E-state index in [1.165, 1.54) is 16.5 Å². The van der Waals surface area contributed by atoms with E-state index in [1.807, 2.05) is 54.6 Å². The summed E-state index contributed by atoms with van der Waals surface area (Å²) in [5, 5.41) is 11.3. The fourth-order valence-electron chi connectivity index (χ4n) is 4.34. The number of aromatic nitrogens is 4. The number of hydrogen-bond donors (Lipinski definition) is 1. The van der Waals surface area contributed by atoms with Gasteiger partial charge in [0.15, 0.2) is 11.8 Å². The zero-order chi connectivity index (χ0) is 27.2. The predicted octanol–water partition coefficient (Wildman–Crippen LogP) is 4.12. The highest BCUT2D eigenvalue weighted by Gasteiger charge is 2.34. The number of carbonyl (C=O) groups is 3. The predicted molar refractivity (Wildman–Crippen MR) is 147 cm³/mol. The highest BCUT2D eigenvalue weighted by Crippen LogP contribution is 2.28. The summed E-state index contributed by atoms with van der Waals surface area (Å²) in [5.74, 6) is -0.896. The monoisotopic (exact) mass is 518 g/mol. The molecule has 194 valence electrons. The first-order chi connectivity index (χ1) is 19.0. The van der Waals surface area contributed by atoms with Gasteiger partial charge < -0.3 is 5.32 Å². The summed E-state index contributed by atoms with van der Waals surface area (Å²) in [7, 11) is 0. The molecule has 0 radical (unpaired) electrons. The molecule has 2 aromatic heterocycles. The number of benzene rings is 3. The van der Waals surface area contributed by atoms with E-state index in [1.54, 1.807) is 48.7 Å². The van der Waals surface area contributed by atoms with Crippen molar-refractivity contribution >= 4 is 34.3 Å². The van der Waals surface area contributed by atoms with Gasteiger partial charge >= 0.3 is 0 Å². The van der Waals surface area contributed by atoms with Crippen molar-refractivity contribution in [1.29, 1.82) is 0 Å². The molecule has 0 spiro atoms. The molecule has 2 heterocycles. The maximum Gasteiger partial charge on any atom is 0.249 e. The van der Waals surface area contributed by atoms with Gasteiger partial charge in [-0.3, -0.25) is 24.3 Å². The fraction of sp³-hybridized carbons (Fsp3) is 0.133. The van der Waals surface area contributed by atoms with Crippen LogP contribution in [0.5, 0.6) is 0 Å². The molecule has 9 nitrogen and oxygen atoms in total. The second-order valence-electron chi connectivity index (χ2n) is 8.96. The van der Waals surface area contributed by atoms with Crippen molar-refractivity contribution in [3.63, 3.8) is 0 Å². The number of carbonyl (C=O) groups excluding carboxylic acids is 3. The summed E-state index contributed by atoms with van der Waals surface area (Å²) < 4.78 is 1.51. The number of ketones is 1. The quantitative estimate of drug-likeness (QED) is 0.294. The number of nitrogens with zero attached hydrogens (tertiary/aromatic N) is 5. The molecular weight excluding hydrogens is 492 g/mol. The van der Waals surface area contributed by atoms with Crippen LogP contribution in [0.25, 0.3) is 11.0 Å². The van der Waals surface area contributed by atoms with Crippen molar-refractivity contribution in [1.82, 2.24) is 25.3 Å². The Kier molecular flexibility index (Phi) is 7.49. The Hall–Kier alpha value is -5.18. The van der Waals surface area contributed by atoms with Gasteiger partial charge in [0.1, 0.15) is 12.1 Å². The van der Waals surface area contributed by atoms with Gasteiger partial charge in [-0.15, -0.1) is 5.10 Å². The maximum atomic E-state index is 14.0. The summed E-state index contributed by atoms with van der Waals surface area (Å²) in [4.78, 5) is 45.6. The van der Waals surface area contributed by atoms with Gasteiger partial charge in [-0.2, -0.15) is 0 Å². The average Bonchev–Trinajstić information content (AvgIpc) is 3.38. The zero-order valence-electron chi connectivity index (χ0n) is 21.3. The van der Waals surface area contributed by atoms with Crippen molar-refractivity contribution in [2.45, 2.75) is 26.1 Å². The van der Waals surface area contributed by atoms with E-state index in [0.717, 1.165) is 5.56 Å². The number of rotatable bonds is 9. The van der Waals surface area contributed by atoms with E-state index >= 15 is 0 Å². The first kappa shape index (κ1) is 25.5. The van der Waals surface area contributed by atoms with Crippen LogP contribution in [0.1, 0.15) is 34.6 Å². The molecule has 0 aliphatic carbocycles. The minimum atomic E-state index is -1.08. The molecule has 5 aromatic rings. The Morgan fingerprint density at radius 3 is 2.31 bits per heavy atom. The molecule has 0 aliphatic heterocycles. The van der Waals surface area contributed by atoms with Gasteiger partial charge in [-0.1, -0.05) is 53.7 Å². The molecule has 0 saturated heterocycles. The van der Waals surface area contributed by atoms with Crippen LogP contribution < -0.4 is 10.2 Å². The summed E-state index contributed by atoms with van der Waals surface area (Å²) in [5.41, 5.74) is 3.61. The first-order valence-corrected chi connectivity index (χ1v) is 12.4. The summed E-state index contributed by atoms with van der Waals surface area (Å²) in [6.45, 7) is 1.59. The second-order valence-corrected chi connectivity index (χ2v) is 8.96. The molecule has 0 aliphatic rings. The molecule has 1 atom stereocenters. The molecular formula is C30H26N6O3. The van der Waals surface area contributed by atoms with Crippen LogP contribution in [0.4, 0.5) is 5.69 Å². The van der Waals surface area contributed by atoms with Crippen LogP contribution in [0.3, 0.4) is 0 Å². The van der Waals surface area contributed by atoms with Gasteiger partial charge in [-0.05, 0) is 61.0 Å². The van der Waals surface area contributed by atoms with Gasteiger partial charge in [-0.25, -0.2) is 4.68 Å². The minimum absolute atomic E-state index is 0.101. The number of anilines is 1. The van der Waals surface area contributed by atoms with E-state index in [2.05, 4.69) is 20.6 Å². The average molecular weight is 519 g/mol. The normalized spacial score (nSPS) is 11.6. The smallest absolute Gasteiger partial charge is 0.249 e. The number of hydrogen-bond acceptors (Lipinski definition) is 6. The maximum absolute atomic E-state index is 14.0. The number of pyridine rings is 1. The van der Waals surface area contributed by atoms with Crippen molar-refractivity contribution < 1.29 is 14.4 Å². The van der Waals surface area contributed by atoms with Crippen LogP contribution in [0, 0.1) is 0 Å². The molecule has 1 N–H and O–H groups in total. The van der Waals surface area contributed by atoms with Gasteiger partial charge in [0.2, 0.25) is 11.8 Å². The van der Waals surface area contributed by atoms with Gasteiger partial charge in [0, 0.05) is 24.0 Å². The van der Waals surface area contributed by atoms with Gasteiger partial charge in [0.25, 0.3) is 0 Å². The lowest BCUT2D eigenvalue weighted by atomic mass is 10.1. The lowest BCUT2D eigenvalue weighted by Gasteiger charge is -2.31. The third-order valence-electron chi connectivity index (χ3n) is 6.31. The van der Waals surface area contributed by atoms with E-state index < -0.39 is 17.9 Å². The van der Waals surface area contributed by atoms with Crippen LogP contribution in [-0.4, -0.2) is 37.6 Å². The minimum Gasteiger partial charge on any atom is -0.350 e. The van der Waals surface area contributed by atoms with Crippen LogP contribution in [-0.2, 0) is 22.7 Å². The van der Waals surface area contributed by atoms with Gasteiger partial charge in [0.05, 0.1) is 11.2 Å². The standard InChI is InChI=1S/C30H26N6O3/c1-21(37)23-14-16-24(17-15-23)36(28(38)20-35-27-13-6-5-11-25(27)33-34-35)29(26-12-7-8-18-31-26)30(39)32-19-22-9-3-2-4-10-22/h2-18,29H,19-20H2,1H3,(H,32,39)/t29-/m0/s1. The molecule has 39 heavy (non-hydrogen) atoms. The molecule has 2 amide bonds. The molecule has 9 heteroatoms. The summed E-state index contributed by atoms with van der Waals surface area (Å²) >= 11 is 0. The number of Topliss-reactive ketones (excluding diaryl/α,β-unsaturated/α-hetero) is 1. The number of nitrogens with one attached hydrogen (secondary N) is 1. The number of fused-ring (bicyclic) bond motifs is 1. The lowest BCUT2D eigenvalue weighted by Crippen LogP contribution is -2.45. The molecule has 5 rings (SSSR count). The van der Waals surface area contributed by atoms with Crippen molar-refractivity contribution in [2.24, 2.45) is 0 Å². The van der Waals surface area contributed by atoms with E-state index in [9.17, 15) is 14.4 Å². The van der Waals surface area contributed by atoms with Crippen LogP contribution in [0.15, 0.2) is 103 Å².